The van der Waals surface area contributed by atoms with Crippen molar-refractivity contribution < 1.29 is 0 Å². The molecule has 0 amide bonds. The fourth-order valence-electron chi connectivity index (χ4n) is 1.47. The Morgan fingerprint density at radius 2 is 2.06 bits per heavy atom. The Hall–Kier alpha value is -1.65. The van der Waals surface area contributed by atoms with Gasteiger partial charge in [-0.2, -0.15) is 0 Å². The normalized spacial score (nSPS) is 12.1. The van der Waals surface area contributed by atoms with E-state index in [0.717, 1.165) is 5.56 Å². The lowest BCUT2D eigenvalue weighted by Crippen LogP contribution is -2.21. The van der Waals surface area contributed by atoms with Gasteiger partial charge in [0.05, 0.1) is 6.20 Å². The van der Waals surface area contributed by atoms with E-state index in [1.165, 1.54) is 6.33 Å². The fraction of sp³-hybridized carbons (Fsp3) is 0.167. The summed E-state index contributed by atoms with van der Waals surface area (Å²) in [5.41, 5.74) is 7.12. The lowest BCUT2D eigenvalue weighted by Gasteiger charge is -2.13. The highest BCUT2D eigenvalue weighted by Gasteiger charge is 2.06. The molecule has 4 nitrogen and oxygen atoms in total. The van der Waals surface area contributed by atoms with Crippen LogP contribution in [0.4, 0.5) is 5.82 Å². The molecule has 0 aliphatic carbocycles. The highest BCUT2D eigenvalue weighted by molar-refractivity contribution is 6.32. The lowest BCUT2D eigenvalue weighted by molar-refractivity contribution is 0.761. The third-order valence-electron chi connectivity index (χ3n) is 2.38. The monoisotopic (exact) mass is 248 g/mol. The zero-order chi connectivity index (χ0) is 12.1. The molecule has 0 aliphatic rings. The maximum absolute atomic E-state index is 6.04. The minimum absolute atomic E-state index is 0.0952. The number of hydrogen-bond donors (Lipinski definition) is 2. The van der Waals surface area contributed by atoms with Crippen LogP contribution in [0.15, 0.2) is 42.9 Å². The van der Waals surface area contributed by atoms with Gasteiger partial charge in [0.2, 0.25) is 0 Å². The summed E-state index contributed by atoms with van der Waals surface area (Å²) in [6, 6.07) is 9.79. The van der Waals surface area contributed by atoms with Gasteiger partial charge in [0.1, 0.15) is 17.2 Å². The molecule has 0 spiro atoms. The Morgan fingerprint density at radius 3 is 2.76 bits per heavy atom. The van der Waals surface area contributed by atoms with E-state index in [-0.39, 0.29) is 6.04 Å². The molecule has 1 aromatic heterocycles. The van der Waals surface area contributed by atoms with Crippen LogP contribution in [0.5, 0.6) is 0 Å². The molecule has 0 bridgehead atoms. The minimum atomic E-state index is -0.0952. The van der Waals surface area contributed by atoms with Gasteiger partial charge in [0.15, 0.2) is 0 Å². The summed E-state index contributed by atoms with van der Waals surface area (Å²) in [7, 11) is 0. The van der Waals surface area contributed by atoms with Crippen LogP contribution in [0.1, 0.15) is 11.6 Å². The minimum Gasteiger partial charge on any atom is -0.367 e. The maximum Gasteiger partial charge on any atom is 0.148 e. The second-order valence-electron chi connectivity index (χ2n) is 3.62. The molecule has 17 heavy (non-hydrogen) atoms. The van der Waals surface area contributed by atoms with Gasteiger partial charge < -0.3 is 11.1 Å². The molecule has 2 aromatic rings. The fourth-order valence-corrected chi connectivity index (χ4v) is 1.64. The first kappa shape index (κ1) is 11.8. The highest BCUT2D eigenvalue weighted by Crippen LogP contribution is 2.17. The van der Waals surface area contributed by atoms with Crippen LogP contribution in [0.25, 0.3) is 0 Å². The van der Waals surface area contributed by atoms with E-state index < -0.39 is 0 Å². The number of nitrogens with zero attached hydrogens (tertiary/aromatic N) is 2. The van der Waals surface area contributed by atoms with E-state index in [9.17, 15) is 0 Å². The molecule has 0 radical (unpaired) electrons. The lowest BCUT2D eigenvalue weighted by atomic mass is 10.1. The van der Waals surface area contributed by atoms with E-state index in [1.54, 1.807) is 6.20 Å². The van der Waals surface area contributed by atoms with Crippen LogP contribution in [0.2, 0.25) is 5.02 Å². The van der Waals surface area contributed by atoms with Gasteiger partial charge in [-0.25, -0.2) is 9.97 Å². The van der Waals surface area contributed by atoms with Crippen LogP contribution >= 0.6 is 11.6 Å². The van der Waals surface area contributed by atoms with Gasteiger partial charge >= 0.3 is 0 Å². The van der Waals surface area contributed by atoms with Crippen molar-refractivity contribution in [3.8, 4) is 0 Å². The van der Waals surface area contributed by atoms with Crippen molar-refractivity contribution in [2.24, 2.45) is 5.73 Å². The zero-order valence-corrected chi connectivity index (χ0v) is 9.93. The summed E-state index contributed by atoms with van der Waals surface area (Å²) < 4.78 is 0. The van der Waals surface area contributed by atoms with Crippen LogP contribution in [0.3, 0.4) is 0 Å². The topological polar surface area (TPSA) is 63.8 Å². The smallest absolute Gasteiger partial charge is 0.148 e. The second-order valence-corrected chi connectivity index (χ2v) is 4.02. The van der Waals surface area contributed by atoms with Gasteiger partial charge in [-0.1, -0.05) is 41.9 Å². The van der Waals surface area contributed by atoms with Crippen molar-refractivity contribution in [2.45, 2.75) is 6.04 Å². The summed E-state index contributed by atoms with van der Waals surface area (Å²) in [5.74, 6) is 0.605. The number of nitrogens with one attached hydrogen (secondary N) is 1. The quantitative estimate of drug-likeness (QED) is 0.871. The first-order chi connectivity index (χ1) is 8.27. The second kappa shape index (κ2) is 5.61. The summed E-state index contributed by atoms with van der Waals surface area (Å²) in [5, 5.41) is 3.60. The van der Waals surface area contributed by atoms with Crippen LogP contribution in [-0.2, 0) is 0 Å². The van der Waals surface area contributed by atoms with Crippen molar-refractivity contribution in [1.82, 2.24) is 9.97 Å². The molecule has 0 aliphatic heterocycles. The van der Waals surface area contributed by atoms with E-state index in [1.807, 2.05) is 30.3 Å². The van der Waals surface area contributed by atoms with Crippen LogP contribution in [0, 0.1) is 0 Å². The van der Waals surface area contributed by atoms with E-state index in [0.29, 0.717) is 17.4 Å². The first-order valence-electron chi connectivity index (χ1n) is 5.27. The Kier molecular flexibility index (Phi) is 3.90. The zero-order valence-electron chi connectivity index (χ0n) is 9.18. The van der Waals surface area contributed by atoms with Gasteiger partial charge in [-0.15, -0.1) is 0 Å². The van der Waals surface area contributed by atoms with Crippen LogP contribution in [-0.4, -0.2) is 16.5 Å². The number of benzene rings is 1. The van der Waals surface area contributed by atoms with Crippen LogP contribution < -0.4 is 11.1 Å². The van der Waals surface area contributed by atoms with Crippen molar-refractivity contribution in [2.75, 3.05) is 11.9 Å². The van der Waals surface area contributed by atoms with E-state index >= 15 is 0 Å². The number of anilines is 1. The molecule has 5 heteroatoms. The standard InChI is InChI=1S/C12H13ClN4/c13-10-6-15-8-17-12(10)16-7-11(14)9-4-2-1-3-5-9/h1-6,8,11H,7,14H2,(H,15,16,17). The predicted octanol–water partition coefficient (Wildman–Crippen LogP) is 2.24. The Labute approximate surface area is 105 Å². The third kappa shape index (κ3) is 3.15. The Bertz CT molecular complexity index is 475. The average molecular weight is 249 g/mol. The number of hydrogen-bond acceptors (Lipinski definition) is 4. The van der Waals surface area contributed by atoms with Crippen molar-refractivity contribution >= 4 is 17.4 Å². The largest absolute Gasteiger partial charge is 0.367 e. The first-order valence-corrected chi connectivity index (χ1v) is 5.65. The molecule has 2 rings (SSSR count). The molecule has 0 saturated heterocycles. The average Bonchev–Trinajstić information content (AvgIpc) is 2.38. The maximum atomic E-state index is 6.04. The van der Waals surface area contributed by atoms with Gasteiger partial charge in [-0.05, 0) is 5.56 Å². The molecular weight excluding hydrogens is 236 g/mol. The highest BCUT2D eigenvalue weighted by atomic mass is 35.5. The van der Waals surface area contributed by atoms with Crippen molar-refractivity contribution in [1.29, 1.82) is 0 Å². The molecule has 88 valence electrons. The predicted molar refractivity (Wildman–Crippen MR) is 68.9 cm³/mol. The molecule has 3 N–H and O–H groups in total. The van der Waals surface area contributed by atoms with E-state index in [4.69, 9.17) is 17.3 Å². The number of rotatable bonds is 4. The number of nitrogens with two attached hydrogens (primary N) is 1. The molecule has 1 aromatic carbocycles. The summed E-state index contributed by atoms with van der Waals surface area (Å²) >= 11 is 5.93. The third-order valence-corrected chi connectivity index (χ3v) is 2.66. The molecule has 1 atom stereocenters. The summed E-state index contributed by atoms with van der Waals surface area (Å²) in [6.07, 6.45) is 2.99. The van der Waals surface area contributed by atoms with Gasteiger partial charge in [0.25, 0.3) is 0 Å². The number of halogens is 1. The molecule has 0 saturated carbocycles. The molecule has 0 fully saturated rings. The molecular formula is C12H13ClN4. The van der Waals surface area contributed by atoms with E-state index in [2.05, 4.69) is 15.3 Å². The van der Waals surface area contributed by atoms with Crippen molar-refractivity contribution in [3.63, 3.8) is 0 Å². The Balaban J connectivity index is 1.97. The molecule has 1 unspecified atom stereocenters. The number of aromatic nitrogens is 2. The summed E-state index contributed by atoms with van der Waals surface area (Å²) in [6.45, 7) is 0.570. The SMILES string of the molecule is NC(CNc1ncncc1Cl)c1ccccc1. The molecule has 1 heterocycles. The Morgan fingerprint density at radius 1 is 1.29 bits per heavy atom. The van der Waals surface area contributed by atoms with Gasteiger partial charge in [0, 0.05) is 12.6 Å². The van der Waals surface area contributed by atoms with Crippen molar-refractivity contribution in [3.05, 3.63) is 53.4 Å². The van der Waals surface area contributed by atoms with Gasteiger partial charge in [-0.3, -0.25) is 0 Å². The summed E-state index contributed by atoms with van der Waals surface area (Å²) in [4.78, 5) is 7.85.